The Morgan fingerprint density at radius 1 is 1.33 bits per heavy atom. The van der Waals surface area contributed by atoms with Crippen LogP contribution in [0.4, 0.5) is 0 Å². The molecule has 0 aliphatic carbocycles. The minimum absolute atomic E-state index is 0.0842. The zero-order chi connectivity index (χ0) is 17.9. The van der Waals surface area contributed by atoms with E-state index in [1.165, 1.54) is 13.4 Å². The lowest BCUT2D eigenvalue weighted by Gasteiger charge is -2.18. The summed E-state index contributed by atoms with van der Waals surface area (Å²) in [4.78, 5) is 27.8. The number of hydrogen-bond acceptors (Lipinski definition) is 5. The lowest BCUT2D eigenvalue weighted by molar-refractivity contribution is -0.139. The monoisotopic (exact) mass is 332 g/mol. The highest BCUT2D eigenvalue weighted by atomic mass is 16.5. The van der Waals surface area contributed by atoms with Crippen molar-refractivity contribution in [3.05, 3.63) is 42.0 Å². The van der Waals surface area contributed by atoms with Gasteiger partial charge in [0.1, 0.15) is 12.1 Å². The van der Waals surface area contributed by atoms with Gasteiger partial charge in [0, 0.05) is 0 Å². The Labute approximate surface area is 139 Å². The van der Waals surface area contributed by atoms with Gasteiger partial charge in [-0.2, -0.15) is 0 Å². The molecule has 0 bridgehead atoms. The first-order valence-electron chi connectivity index (χ1n) is 7.32. The molecule has 1 aromatic heterocycles. The number of amides is 1. The van der Waals surface area contributed by atoms with E-state index in [1.54, 1.807) is 28.9 Å². The third kappa shape index (κ3) is 3.89. The number of carboxylic acids is 1. The van der Waals surface area contributed by atoms with E-state index >= 15 is 0 Å². The Balaban J connectivity index is 2.23. The fraction of sp³-hybridized carbons (Fsp3) is 0.375. The zero-order valence-electron chi connectivity index (χ0n) is 14.0. The number of nitrogens with one attached hydrogen (secondary N) is 1. The second kappa shape index (κ2) is 6.69. The molecular weight excluding hydrogens is 312 g/mol. The van der Waals surface area contributed by atoms with E-state index in [1.807, 2.05) is 20.8 Å². The second-order valence-corrected chi connectivity index (χ2v) is 6.20. The Hall–Kier alpha value is -2.90. The average Bonchev–Trinajstić information content (AvgIpc) is 3.02. The molecular formula is C16H20N4O4. The molecule has 2 rings (SSSR count). The number of carboxylic acid groups (broad SMARTS) is 1. The summed E-state index contributed by atoms with van der Waals surface area (Å²) in [6.07, 6.45) is 1.44. The molecule has 128 valence electrons. The van der Waals surface area contributed by atoms with Gasteiger partial charge in [-0.1, -0.05) is 12.1 Å². The molecule has 1 amide bonds. The van der Waals surface area contributed by atoms with E-state index < -0.39 is 17.9 Å². The number of ether oxygens (including phenoxy) is 1. The van der Waals surface area contributed by atoms with Gasteiger partial charge in [-0.25, -0.2) is 14.5 Å². The lowest BCUT2D eigenvalue weighted by atomic mass is 10.1. The van der Waals surface area contributed by atoms with Crippen LogP contribution in [0.5, 0.6) is 5.75 Å². The number of rotatable bonds is 5. The molecule has 1 atom stereocenters. The molecule has 0 saturated heterocycles. The number of methoxy groups -OCH3 is 1. The number of aliphatic carboxylic acids is 1. The fourth-order valence-corrected chi connectivity index (χ4v) is 1.99. The molecule has 0 saturated carbocycles. The predicted molar refractivity (Wildman–Crippen MR) is 85.9 cm³/mol. The van der Waals surface area contributed by atoms with Crippen LogP contribution in [0.3, 0.4) is 0 Å². The minimum atomic E-state index is -1.23. The molecule has 2 aromatic rings. The maximum atomic E-state index is 12.3. The molecule has 1 heterocycles. The highest BCUT2D eigenvalue weighted by Gasteiger charge is 2.26. The number of hydrogen-bond donors (Lipinski definition) is 2. The quantitative estimate of drug-likeness (QED) is 0.861. The van der Waals surface area contributed by atoms with Crippen LogP contribution in [0.15, 0.2) is 30.6 Å². The second-order valence-electron chi connectivity index (χ2n) is 6.20. The summed E-state index contributed by atoms with van der Waals surface area (Å²) >= 11 is 0. The van der Waals surface area contributed by atoms with E-state index in [9.17, 15) is 14.7 Å². The Morgan fingerprint density at radius 3 is 2.58 bits per heavy atom. The first kappa shape index (κ1) is 17.5. The van der Waals surface area contributed by atoms with Crippen LogP contribution in [-0.2, 0) is 10.3 Å². The van der Waals surface area contributed by atoms with Gasteiger partial charge in [0.2, 0.25) is 5.82 Å². The van der Waals surface area contributed by atoms with E-state index in [2.05, 4.69) is 15.4 Å². The number of aromatic nitrogens is 3. The smallest absolute Gasteiger partial charge is 0.330 e. The van der Waals surface area contributed by atoms with Gasteiger partial charge in [0.25, 0.3) is 5.91 Å². The van der Waals surface area contributed by atoms with Crippen LogP contribution in [0.1, 0.15) is 43.0 Å². The number of nitrogens with zero attached hydrogens (tertiary/aromatic N) is 3. The molecule has 1 aromatic carbocycles. The standard InChI is InChI=1S/C16H20N4O4/c1-16(2,3)20-9-17-13(19-20)14(21)18-12(15(22)23)10-6-5-7-11(8-10)24-4/h5-9,12H,1-4H3,(H,18,21)(H,22,23)/t12-/m0/s1. The van der Waals surface area contributed by atoms with Gasteiger partial charge < -0.3 is 15.2 Å². The van der Waals surface area contributed by atoms with Crippen molar-refractivity contribution in [1.82, 2.24) is 20.1 Å². The first-order valence-corrected chi connectivity index (χ1v) is 7.32. The zero-order valence-corrected chi connectivity index (χ0v) is 14.0. The first-order chi connectivity index (χ1) is 11.2. The third-order valence-corrected chi connectivity index (χ3v) is 3.33. The van der Waals surface area contributed by atoms with Gasteiger partial charge in [0.05, 0.1) is 12.6 Å². The van der Waals surface area contributed by atoms with E-state index in [0.717, 1.165) is 0 Å². The molecule has 0 aliphatic rings. The largest absolute Gasteiger partial charge is 0.497 e. The molecule has 8 heteroatoms. The van der Waals surface area contributed by atoms with Gasteiger partial charge >= 0.3 is 5.97 Å². The number of benzene rings is 1. The molecule has 8 nitrogen and oxygen atoms in total. The number of carbonyl (C=O) groups excluding carboxylic acids is 1. The molecule has 24 heavy (non-hydrogen) atoms. The lowest BCUT2D eigenvalue weighted by Crippen LogP contribution is -2.34. The van der Waals surface area contributed by atoms with Crippen LogP contribution in [0.2, 0.25) is 0 Å². The van der Waals surface area contributed by atoms with E-state index in [-0.39, 0.29) is 11.4 Å². The van der Waals surface area contributed by atoms with Crippen LogP contribution < -0.4 is 10.1 Å². The van der Waals surface area contributed by atoms with Crippen molar-refractivity contribution in [2.45, 2.75) is 32.4 Å². The summed E-state index contributed by atoms with van der Waals surface area (Å²) in [6.45, 7) is 5.75. The molecule has 2 N–H and O–H groups in total. The Kier molecular flexibility index (Phi) is 4.87. The molecule has 0 aliphatic heterocycles. The molecule has 0 unspecified atom stereocenters. The predicted octanol–water partition coefficient (Wildman–Crippen LogP) is 1.60. The van der Waals surface area contributed by atoms with Crippen molar-refractivity contribution < 1.29 is 19.4 Å². The van der Waals surface area contributed by atoms with Crippen molar-refractivity contribution in [3.63, 3.8) is 0 Å². The molecule has 0 spiro atoms. The third-order valence-electron chi connectivity index (χ3n) is 3.33. The van der Waals surface area contributed by atoms with E-state index in [4.69, 9.17) is 4.74 Å². The van der Waals surface area contributed by atoms with Gasteiger partial charge in [-0.3, -0.25) is 4.79 Å². The molecule has 0 fully saturated rings. The van der Waals surface area contributed by atoms with Gasteiger partial charge in [-0.15, -0.1) is 5.10 Å². The summed E-state index contributed by atoms with van der Waals surface area (Å²) in [5, 5.41) is 15.9. The van der Waals surface area contributed by atoms with Crippen molar-refractivity contribution in [2.75, 3.05) is 7.11 Å². The number of carbonyl (C=O) groups is 2. The van der Waals surface area contributed by atoms with Crippen LogP contribution in [-0.4, -0.2) is 38.9 Å². The maximum Gasteiger partial charge on any atom is 0.330 e. The van der Waals surface area contributed by atoms with E-state index in [0.29, 0.717) is 11.3 Å². The maximum absolute atomic E-state index is 12.3. The minimum Gasteiger partial charge on any atom is -0.497 e. The topological polar surface area (TPSA) is 106 Å². The van der Waals surface area contributed by atoms with Crippen molar-refractivity contribution in [3.8, 4) is 5.75 Å². The van der Waals surface area contributed by atoms with Gasteiger partial charge in [0.15, 0.2) is 6.04 Å². The average molecular weight is 332 g/mol. The summed E-state index contributed by atoms with van der Waals surface area (Å²) in [6, 6.07) is 5.28. The van der Waals surface area contributed by atoms with Crippen LogP contribution >= 0.6 is 0 Å². The van der Waals surface area contributed by atoms with Crippen molar-refractivity contribution >= 4 is 11.9 Å². The normalized spacial score (nSPS) is 12.5. The van der Waals surface area contributed by atoms with Crippen LogP contribution in [0, 0.1) is 0 Å². The summed E-state index contributed by atoms with van der Waals surface area (Å²) < 4.78 is 6.63. The highest BCUT2D eigenvalue weighted by molar-refractivity contribution is 5.93. The summed E-state index contributed by atoms with van der Waals surface area (Å²) in [5.74, 6) is -1.43. The van der Waals surface area contributed by atoms with Gasteiger partial charge in [-0.05, 0) is 38.5 Å². The SMILES string of the molecule is COc1cccc([C@H](NC(=O)c2ncn(C(C)(C)C)n2)C(=O)O)c1. The highest BCUT2D eigenvalue weighted by Crippen LogP contribution is 2.20. The summed E-state index contributed by atoms with van der Waals surface area (Å²) in [7, 11) is 1.48. The molecule has 0 radical (unpaired) electrons. The van der Waals surface area contributed by atoms with Crippen LogP contribution in [0.25, 0.3) is 0 Å². The van der Waals surface area contributed by atoms with Crippen molar-refractivity contribution in [1.29, 1.82) is 0 Å². The Morgan fingerprint density at radius 2 is 2.04 bits per heavy atom. The fourth-order valence-electron chi connectivity index (χ4n) is 1.99. The van der Waals surface area contributed by atoms with Crippen molar-refractivity contribution in [2.24, 2.45) is 0 Å². The summed E-state index contributed by atoms with van der Waals surface area (Å²) in [5.41, 5.74) is 0.0651. The Bertz CT molecular complexity index is 749.